The molecule has 0 fully saturated rings. The van der Waals surface area contributed by atoms with Crippen LogP contribution in [-0.4, -0.2) is 25.8 Å². The summed E-state index contributed by atoms with van der Waals surface area (Å²) in [6.07, 6.45) is 0. The third-order valence-electron chi connectivity index (χ3n) is 2.86. The molecule has 0 spiro atoms. The summed E-state index contributed by atoms with van der Waals surface area (Å²) in [7, 11) is -3.84. The van der Waals surface area contributed by atoms with Gasteiger partial charge in [0.25, 0.3) is 0 Å². The van der Waals surface area contributed by atoms with Gasteiger partial charge in [-0.25, -0.2) is 12.8 Å². The van der Waals surface area contributed by atoms with Crippen molar-refractivity contribution in [1.82, 2.24) is 4.31 Å². The molecule has 0 amide bonds. The lowest BCUT2D eigenvalue weighted by Crippen LogP contribution is -2.34. The van der Waals surface area contributed by atoms with E-state index in [9.17, 15) is 12.8 Å². The smallest absolute Gasteiger partial charge is 0.246 e. The maximum Gasteiger partial charge on any atom is 0.246 e. The summed E-state index contributed by atoms with van der Waals surface area (Å²) in [6, 6.07) is 2.36. The molecule has 1 rings (SSSR count). The zero-order valence-corrected chi connectivity index (χ0v) is 12.6. The van der Waals surface area contributed by atoms with Gasteiger partial charge in [-0.1, -0.05) is 20.8 Å². The van der Waals surface area contributed by atoms with Crippen molar-refractivity contribution in [2.24, 2.45) is 5.92 Å². The van der Waals surface area contributed by atoms with Gasteiger partial charge in [-0.3, -0.25) is 0 Å². The molecule has 0 atom stereocenters. The van der Waals surface area contributed by atoms with Crippen LogP contribution in [0.3, 0.4) is 0 Å². The lowest BCUT2D eigenvalue weighted by atomic mass is 10.2. The summed E-state index contributed by atoms with van der Waals surface area (Å²) in [5, 5.41) is 0. The van der Waals surface area contributed by atoms with E-state index in [0.717, 1.165) is 6.07 Å². The third-order valence-corrected chi connectivity index (χ3v) is 4.82. The number of hydrogen-bond acceptors (Lipinski definition) is 3. The highest BCUT2D eigenvalue weighted by molar-refractivity contribution is 7.89. The van der Waals surface area contributed by atoms with Crippen molar-refractivity contribution in [3.05, 3.63) is 23.5 Å². The molecular formula is C13H21FN2O2S. The fraction of sp³-hybridized carbons (Fsp3) is 0.538. The van der Waals surface area contributed by atoms with E-state index in [4.69, 9.17) is 5.73 Å². The van der Waals surface area contributed by atoms with Crippen molar-refractivity contribution in [3.63, 3.8) is 0 Å². The molecule has 0 aliphatic heterocycles. The van der Waals surface area contributed by atoms with E-state index in [0.29, 0.717) is 18.7 Å². The molecule has 1 aromatic carbocycles. The molecule has 0 radical (unpaired) electrons. The van der Waals surface area contributed by atoms with Crippen LogP contribution in [0.25, 0.3) is 0 Å². The summed E-state index contributed by atoms with van der Waals surface area (Å²) in [5.74, 6) is -0.588. The van der Waals surface area contributed by atoms with Gasteiger partial charge in [0.1, 0.15) is 10.7 Å². The van der Waals surface area contributed by atoms with E-state index >= 15 is 0 Å². The molecule has 2 N–H and O–H groups in total. The van der Waals surface area contributed by atoms with Crippen LogP contribution in [0.4, 0.5) is 10.1 Å². The van der Waals surface area contributed by atoms with E-state index in [-0.39, 0.29) is 16.5 Å². The van der Waals surface area contributed by atoms with Gasteiger partial charge in [-0.2, -0.15) is 4.31 Å². The van der Waals surface area contributed by atoms with Crippen LogP contribution in [0.2, 0.25) is 0 Å². The predicted octanol–water partition coefficient (Wildman–Crippen LogP) is 2.38. The summed E-state index contributed by atoms with van der Waals surface area (Å²) < 4.78 is 40.0. The number of anilines is 1. The number of aryl methyl sites for hydroxylation is 1. The van der Waals surface area contributed by atoms with Gasteiger partial charge < -0.3 is 5.73 Å². The Morgan fingerprint density at radius 3 is 2.42 bits per heavy atom. The minimum absolute atomic E-state index is 0.167. The predicted molar refractivity (Wildman–Crippen MR) is 74.8 cm³/mol. The molecule has 1 aromatic rings. The van der Waals surface area contributed by atoms with Crippen LogP contribution in [0.15, 0.2) is 17.0 Å². The number of halogens is 1. The maximum atomic E-state index is 13.9. The van der Waals surface area contributed by atoms with Crippen molar-refractivity contribution in [3.8, 4) is 0 Å². The summed E-state index contributed by atoms with van der Waals surface area (Å²) in [4.78, 5) is -0.349. The number of nitrogens with two attached hydrogens (primary N) is 1. The second-order valence-electron chi connectivity index (χ2n) is 4.99. The molecule has 0 unspecified atom stereocenters. The van der Waals surface area contributed by atoms with Crippen LogP contribution in [0, 0.1) is 18.7 Å². The van der Waals surface area contributed by atoms with Crippen molar-refractivity contribution in [2.45, 2.75) is 32.6 Å². The first-order valence-electron chi connectivity index (χ1n) is 6.25. The Balaban J connectivity index is 3.30. The van der Waals surface area contributed by atoms with E-state index in [1.54, 1.807) is 13.8 Å². The van der Waals surface area contributed by atoms with Gasteiger partial charge in [-0.05, 0) is 30.5 Å². The average molecular weight is 288 g/mol. The van der Waals surface area contributed by atoms with Crippen molar-refractivity contribution in [2.75, 3.05) is 18.8 Å². The van der Waals surface area contributed by atoms with Gasteiger partial charge in [0.05, 0.1) is 0 Å². The molecule has 0 saturated heterocycles. The molecule has 0 aliphatic carbocycles. The second kappa shape index (κ2) is 5.88. The normalized spacial score (nSPS) is 12.4. The summed E-state index contributed by atoms with van der Waals surface area (Å²) >= 11 is 0. The largest absolute Gasteiger partial charge is 0.398 e. The minimum atomic E-state index is -3.84. The fourth-order valence-corrected chi connectivity index (χ4v) is 3.50. The van der Waals surface area contributed by atoms with Crippen molar-refractivity contribution >= 4 is 15.7 Å². The number of benzene rings is 1. The highest BCUT2D eigenvalue weighted by atomic mass is 32.2. The average Bonchev–Trinajstić information content (AvgIpc) is 2.30. The molecule has 0 heterocycles. The van der Waals surface area contributed by atoms with Gasteiger partial charge in [0, 0.05) is 18.8 Å². The third kappa shape index (κ3) is 3.45. The molecule has 4 nitrogen and oxygen atoms in total. The van der Waals surface area contributed by atoms with Crippen LogP contribution in [-0.2, 0) is 10.0 Å². The van der Waals surface area contributed by atoms with Gasteiger partial charge in [-0.15, -0.1) is 0 Å². The SMILES string of the molecule is CCN(CC(C)C)S(=O)(=O)c1cc(N)c(C)cc1F. The van der Waals surface area contributed by atoms with Crippen LogP contribution >= 0.6 is 0 Å². The van der Waals surface area contributed by atoms with Gasteiger partial charge in [0.2, 0.25) is 10.0 Å². The summed E-state index contributed by atoms with van der Waals surface area (Å²) in [6.45, 7) is 7.85. The fourth-order valence-electron chi connectivity index (χ4n) is 1.81. The van der Waals surface area contributed by atoms with Crippen molar-refractivity contribution < 1.29 is 12.8 Å². The molecule has 6 heteroatoms. The Bertz CT molecular complexity index is 556. The van der Waals surface area contributed by atoms with Gasteiger partial charge >= 0.3 is 0 Å². The zero-order chi connectivity index (χ0) is 14.8. The molecule has 19 heavy (non-hydrogen) atoms. The van der Waals surface area contributed by atoms with E-state index < -0.39 is 15.8 Å². The standard InChI is InChI=1S/C13H21FN2O2S/c1-5-16(8-9(2)3)19(17,18)13-7-12(15)10(4)6-11(13)14/h6-7,9H,5,8,15H2,1-4H3. The van der Waals surface area contributed by atoms with Gasteiger partial charge in [0.15, 0.2) is 0 Å². The lowest BCUT2D eigenvalue weighted by molar-refractivity contribution is 0.378. The maximum absolute atomic E-state index is 13.9. The Labute approximate surface area is 114 Å². The topological polar surface area (TPSA) is 63.4 Å². The van der Waals surface area contributed by atoms with Crippen LogP contribution in [0.1, 0.15) is 26.3 Å². The van der Waals surface area contributed by atoms with Crippen LogP contribution < -0.4 is 5.73 Å². The second-order valence-corrected chi connectivity index (χ2v) is 6.90. The molecule has 0 aromatic heterocycles. The molecule has 0 bridgehead atoms. The number of rotatable bonds is 5. The number of sulfonamides is 1. The first-order valence-corrected chi connectivity index (χ1v) is 7.69. The zero-order valence-electron chi connectivity index (χ0n) is 11.8. The Morgan fingerprint density at radius 1 is 1.37 bits per heavy atom. The quantitative estimate of drug-likeness (QED) is 0.846. The number of hydrogen-bond donors (Lipinski definition) is 1. The Morgan fingerprint density at radius 2 is 1.95 bits per heavy atom. The number of nitrogen functional groups attached to an aromatic ring is 1. The molecule has 108 valence electrons. The molecular weight excluding hydrogens is 267 g/mol. The van der Waals surface area contributed by atoms with Crippen LogP contribution in [0.5, 0.6) is 0 Å². The van der Waals surface area contributed by atoms with E-state index in [1.807, 2.05) is 13.8 Å². The van der Waals surface area contributed by atoms with Crippen molar-refractivity contribution in [1.29, 1.82) is 0 Å². The monoisotopic (exact) mass is 288 g/mol. The Kier molecular flexibility index (Phi) is 4.92. The Hall–Kier alpha value is -1.14. The highest BCUT2D eigenvalue weighted by Crippen LogP contribution is 2.24. The van der Waals surface area contributed by atoms with E-state index in [2.05, 4.69) is 0 Å². The molecule has 0 saturated carbocycles. The first-order chi connectivity index (χ1) is 8.70. The molecule has 0 aliphatic rings. The summed E-state index contributed by atoms with van der Waals surface area (Å²) in [5.41, 5.74) is 6.49. The minimum Gasteiger partial charge on any atom is -0.398 e. The van der Waals surface area contributed by atoms with E-state index in [1.165, 1.54) is 10.4 Å². The highest BCUT2D eigenvalue weighted by Gasteiger charge is 2.27. The first kappa shape index (κ1) is 15.9. The lowest BCUT2D eigenvalue weighted by Gasteiger charge is -2.23. The number of nitrogens with zero attached hydrogens (tertiary/aromatic N) is 1.